The topological polar surface area (TPSA) is 30.0 Å². The number of ketones is 1. The molecule has 0 saturated heterocycles. The normalized spacial score (nSPS) is 11.1. The molecule has 0 N–H and O–H groups in total. The third kappa shape index (κ3) is 3.52. The predicted molar refractivity (Wildman–Crippen MR) is 73.2 cm³/mol. The summed E-state index contributed by atoms with van der Waals surface area (Å²) >= 11 is 0. The molecular weight excluding hydrogens is 222 g/mol. The lowest BCUT2D eigenvalue weighted by Gasteiger charge is -1.92. The monoisotopic (exact) mass is 235 g/mol. The zero-order valence-corrected chi connectivity index (χ0v) is 9.86. The molecule has 0 radical (unpaired) electrons. The second-order valence-electron chi connectivity index (χ2n) is 3.73. The van der Waals surface area contributed by atoms with E-state index in [1.165, 1.54) is 6.08 Å². The first-order chi connectivity index (χ1) is 8.86. The molecule has 0 saturated carbocycles. The van der Waals surface area contributed by atoms with Crippen molar-refractivity contribution in [2.24, 2.45) is 0 Å². The maximum atomic E-state index is 11.7. The molecule has 0 atom stereocenters. The van der Waals surface area contributed by atoms with Crippen molar-refractivity contribution in [3.8, 4) is 0 Å². The van der Waals surface area contributed by atoms with Crippen LogP contribution in [0.5, 0.6) is 0 Å². The molecule has 1 heterocycles. The van der Waals surface area contributed by atoms with Crippen molar-refractivity contribution < 1.29 is 4.79 Å². The Kier molecular flexibility index (Phi) is 4.20. The van der Waals surface area contributed by atoms with Gasteiger partial charge in [-0.25, -0.2) is 0 Å². The highest BCUT2D eigenvalue weighted by molar-refractivity contribution is 6.04. The third-order valence-electron chi connectivity index (χ3n) is 2.39. The van der Waals surface area contributed by atoms with Crippen molar-refractivity contribution >= 4 is 11.9 Å². The zero-order valence-electron chi connectivity index (χ0n) is 9.86. The Balaban J connectivity index is 1.96. The molecule has 0 aliphatic carbocycles. The molecule has 0 unspecified atom stereocenters. The second kappa shape index (κ2) is 6.30. The van der Waals surface area contributed by atoms with Crippen LogP contribution < -0.4 is 0 Å². The average Bonchev–Trinajstić information content (AvgIpc) is 2.45. The molecule has 0 fully saturated rings. The lowest BCUT2D eigenvalue weighted by atomic mass is 10.1. The fraction of sp³-hybridized carbons (Fsp3) is 0. The van der Waals surface area contributed by atoms with Gasteiger partial charge in [0, 0.05) is 18.0 Å². The first kappa shape index (κ1) is 12.0. The number of allylic oxidation sites excluding steroid dienone is 3. The summed E-state index contributed by atoms with van der Waals surface area (Å²) in [6.07, 6.45) is 10.3. The van der Waals surface area contributed by atoms with Crippen molar-refractivity contribution in [2.45, 2.75) is 0 Å². The number of benzene rings is 1. The van der Waals surface area contributed by atoms with Crippen LogP contribution in [0.25, 0.3) is 6.08 Å². The molecule has 2 heteroatoms. The van der Waals surface area contributed by atoms with Gasteiger partial charge in [-0.15, -0.1) is 0 Å². The number of hydrogen-bond acceptors (Lipinski definition) is 2. The molecule has 0 aliphatic rings. The summed E-state index contributed by atoms with van der Waals surface area (Å²) in [7, 11) is 0. The number of nitrogens with zero attached hydrogens (tertiary/aromatic N) is 1. The summed E-state index contributed by atoms with van der Waals surface area (Å²) in [6.45, 7) is 0. The predicted octanol–water partition coefficient (Wildman–Crippen LogP) is 3.53. The van der Waals surface area contributed by atoms with Gasteiger partial charge < -0.3 is 0 Å². The highest BCUT2D eigenvalue weighted by atomic mass is 16.1. The van der Waals surface area contributed by atoms with Crippen molar-refractivity contribution in [1.82, 2.24) is 4.98 Å². The molecule has 1 aromatic carbocycles. The molecule has 2 rings (SSSR count). The largest absolute Gasteiger partial charge is 0.289 e. The summed E-state index contributed by atoms with van der Waals surface area (Å²) in [6, 6.07) is 13.4. The summed E-state index contributed by atoms with van der Waals surface area (Å²) in [5.41, 5.74) is 1.71. The maximum absolute atomic E-state index is 11.7. The van der Waals surface area contributed by atoms with E-state index in [1.54, 1.807) is 30.6 Å². The Bertz CT molecular complexity index is 556. The molecular formula is C16H13NO. The number of hydrogen-bond donors (Lipinski definition) is 0. The number of carbonyl (C=O) groups is 1. The van der Waals surface area contributed by atoms with Crippen LogP contribution in [0.15, 0.2) is 73.1 Å². The van der Waals surface area contributed by atoms with E-state index in [4.69, 9.17) is 0 Å². The van der Waals surface area contributed by atoms with Crippen LogP contribution in [0.3, 0.4) is 0 Å². The van der Waals surface area contributed by atoms with Gasteiger partial charge >= 0.3 is 0 Å². The van der Waals surface area contributed by atoms with Crippen molar-refractivity contribution in [3.63, 3.8) is 0 Å². The van der Waals surface area contributed by atoms with E-state index in [9.17, 15) is 4.79 Å². The third-order valence-corrected chi connectivity index (χ3v) is 2.39. The number of rotatable bonds is 4. The Morgan fingerprint density at radius 1 is 1.00 bits per heavy atom. The van der Waals surface area contributed by atoms with Crippen LogP contribution in [0.1, 0.15) is 15.9 Å². The van der Waals surface area contributed by atoms with Crippen LogP contribution in [0, 0.1) is 0 Å². The first-order valence-electron chi connectivity index (χ1n) is 5.70. The molecule has 2 nitrogen and oxygen atoms in total. The SMILES string of the molecule is O=C(/C=C/C=C\c1ccccc1)c1cccnc1. The molecule has 0 spiro atoms. The van der Waals surface area contributed by atoms with Gasteiger partial charge in [0.15, 0.2) is 5.78 Å². The standard InChI is InChI=1S/C16H13NO/c18-16(15-10-6-12-17-13-15)11-5-4-9-14-7-2-1-3-8-14/h1-13H/b9-4-,11-5+. The molecule has 88 valence electrons. The van der Waals surface area contributed by atoms with Gasteiger partial charge in [-0.3, -0.25) is 9.78 Å². The van der Waals surface area contributed by atoms with E-state index >= 15 is 0 Å². The van der Waals surface area contributed by atoms with Gasteiger partial charge in [0.05, 0.1) is 0 Å². The minimum absolute atomic E-state index is 0.0409. The highest BCUT2D eigenvalue weighted by Gasteiger charge is 1.98. The molecule has 18 heavy (non-hydrogen) atoms. The maximum Gasteiger partial charge on any atom is 0.187 e. The molecule has 0 amide bonds. The van der Waals surface area contributed by atoms with Gasteiger partial charge in [-0.05, 0) is 23.8 Å². The van der Waals surface area contributed by atoms with Gasteiger partial charge in [0.25, 0.3) is 0 Å². The minimum atomic E-state index is -0.0409. The van der Waals surface area contributed by atoms with Gasteiger partial charge in [-0.2, -0.15) is 0 Å². The fourth-order valence-electron chi connectivity index (χ4n) is 1.48. The average molecular weight is 235 g/mol. The molecule has 2 aromatic rings. The Morgan fingerprint density at radius 2 is 1.83 bits per heavy atom. The van der Waals surface area contributed by atoms with Gasteiger partial charge in [0.2, 0.25) is 0 Å². The number of carbonyl (C=O) groups excluding carboxylic acids is 1. The van der Waals surface area contributed by atoms with Crippen LogP contribution in [-0.4, -0.2) is 10.8 Å². The Labute approximate surface area is 106 Å². The van der Waals surface area contributed by atoms with Crippen molar-refractivity contribution in [3.05, 3.63) is 84.2 Å². The summed E-state index contributed by atoms with van der Waals surface area (Å²) in [5, 5.41) is 0. The summed E-state index contributed by atoms with van der Waals surface area (Å²) in [4.78, 5) is 15.6. The molecule has 1 aromatic heterocycles. The van der Waals surface area contributed by atoms with Crippen molar-refractivity contribution in [2.75, 3.05) is 0 Å². The van der Waals surface area contributed by atoms with E-state index in [-0.39, 0.29) is 5.78 Å². The first-order valence-corrected chi connectivity index (χ1v) is 5.70. The fourth-order valence-corrected chi connectivity index (χ4v) is 1.48. The zero-order chi connectivity index (χ0) is 12.6. The highest BCUT2D eigenvalue weighted by Crippen LogP contribution is 2.02. The van der Waals surface area contributed by atoms with E-state index in [1.807, 2.05) is 42.5 Å². The molecule has 0 aliphatic heterocycles. The number of aromatic nitrogens is 1. The van der Waals surface area contributed by atoms with Gasteiger partial charge in [0.1, 0.15) is 0 Å². The van der Waals surface area contributed by atoms with Crippen LogP contribution in [0.4, 0.5) is 0 Å². The summed E-state index contributed by atoms with van der Waals surface area (Å²) in [5.74, 6) is -0.0409. The van der Waals surface area contributed by atoms with Crippen molar-refractivity contribution in [1.29, 1.82) is 0 Å². The minimum Gasteiger partial charge on any atom is -0.289 e. The van der Waals surface area contributed by atoms with Crippen LogP contribution in [0.2, 0.25) is 0 Å². The number of pyridine rings is 1. The lowest BCUT2D eigenvalue weighted by molar-refractivity contribution is 0.104. The Morgan fingerprint density at radius 3 is 2.56 bits per heavy atom. The van der Waals surface area contributed by atoms with Gasteiger partial charge in [-0.1, -0.05) is 48.6 Å². The summed E-state index contributed by atoms with van der Waals surface area (Å²) < 4.78 is 0. The van der Waals surface area contributed by atoms with E-state index < -0.39 is 0 Å². The lowest BCUT2D eigenvalue weighted by Crippen LogP contribution is -1.93. The second-order valence-corrected chi connectivity index (χ2v) is 3.73. The quantitative estimate of drug-likeness (QED) is 0.461. The Hall–Kier alpha value is -2.48. The van der Waals surface area contributed by atoms with E-state index in [0.29, 0.717) is 5.56 Å². The van der Waals surface area contributed by atoms with Crippen LogP contribution in [-0.2, 0) is 0 Å². The van der Waals surface area contributed by atoms with E-state index in [0.717, 1.165) is 5.56 Å². The van der Waals surface area contributed by atoms with Crippen LogP contribution >= 0.6 is 0 Å². The molecule has 0 bridgehead atoms. The smallest absolute Gasteiger partial charge is 0.187 e. The van der Waals surface area contributed by atoms with E-state index in [2.05, 4.69) is 4.98 Å².